The number of halogens is 3. The van der Waals surface area contributed by atoms with E-state index in [0.29, 0.717) is 6.08 Å². The Bertz CT molecular complexity index is 1390. The molecule has 1 aromatic carbocycles. The second-order valence-corrected chi connectivity index (χ2v) is 10.3. The number of carbonyl (C=O) groups is 1. The Balaban J connectivity index is 1.75. The average Bonchev–Trinajstić information content (AvgIpc) is 2.84. The van der Waals surface area contributed by atoms with Crippen molar-refractivity contribution in [1.29, 1.82) is 5.41 Å². The molecule has 0 radical (unpaired) electrons. The first-order chi connectivity index (χ1) is 16.9. The van der Waals surface area contributed by atoms with Crippen molar-refractivity contribution >= 4 is 33.0 Å². The summed E-state index contributed by atoms with van der Waals surface area (Å²) in [5.41, 5.74) is -1.31. The second-order valence-electron chi connectivity index (χ2n) is 7.84. The molecule has 188 valence electrons. The van der Waals surface area contributed by atoms with Crippen LogP contribution in [0.1, 0.15) is 29.8 Å². The molecule has 0 aliphatic heterocycles. The highest BCUT2D eigenvalue weighted by Crippen LogP contribution is 2.28. The zero-order chi connectivity index (χ0) is 26.5. The van der Waals surface area contributed by atoms with Crippen molar-refractivity contribution in [2.75, 3.05) is 10.6 Å². The molecule has 0 spiro atoms. The quantitative estimate of drug-likeness (QED) is 0.368. The molecule has 12 heteroatoms. The van der Waals surface area contributed by atoms with Crippen LogP contribution in [-0.2, 0) is 9.84 Å². The van der Waals surface area contributed by atoms with E-state index >= 15 is 0 Å². The first-order valence-electron chi connectivity index (χ1n) is 10.5. The maximum atomic E-state index is 13.5. The number of aromatic nitrogens is 2. The van der Waals surface area contributed by atoms with Crippen LogP contribution in [-0.4, -0.2) is 41.4 Å². The number of amides is 1. The lowest BCUT2D eigenvalue weighted by Crippen LogP contribution is -2.21. The third-order valence-corrected chi connectivity index (χ3v) is 7.05. The zero-order valence-corrected chi connectivity index (χ0v) is 20.0. The number of sulfone groups is 1. The van der Waals surface area contributed by atoms with Gasteiger partial charge in [0.15, 0.2) is 9.84 Å². The van der Waals surface area contributed by atoms with E-state index in [0.717, 1.165) is 6.20 Å². The van der Waals surface area contributed by atoms with E-state index in [9.17, 15) is 26.4 Å². The first-order valence-corrected chi connectivity index (χ1v) is 12.1. The Labute approximate surface area is 205 Å². The molecule has 0 aliphatic carbocycles. The van der Waals surface area contributed by atoms with E-state index in [1.54, 1.807) is 0 Å². The molecule has 3 rings (SSSR count). The molecule has 36 heavy (non-hydrogen) atoms. The molecule has 3 N–H and O–H groups in total. The van der Waals surface area contributed by atoms with Crippen molar-refractivity contribution in [3.05, 3.63) is 90.0 Å². The molecule has 1 amide bonds. The van der Waals surface area contributed by atoms with Gasteiger partial charge in [-0.1, -0.05) is 6.07 Å². The molecule has 2 heterocycles. The standard InChI is InChI=1S/C24H22F3N5O3S/c1-15(2)36(34,35)19-7-3-5-16(11-19)23(33)32-22-9-8-18(14-30-22)31-21(24(25,26)27)12-20(28)17-6-4-10-29-13-17/h3-15,28,31H,1-2H3,(H,30,32,33)/b21-12-,28-20?. The van der Waals surface area contributed by atoms with E-state index < -0.39 is 32.9 Å². The summed E-state index contributed by atoms with van der Waals surface area (Å²) in [6.07, 6.45) is -0.324. The summed E-state index contributed by atoms with van der Waals surface area (Å²) in [4.78, 5) is 20.3. The van der Waals surface area contributed by atoms with Gasteiger partial charge < -0.3 is 16.0 Å². The monoisotopic (exact) mass is 517 g/mol. The third kappa shape index (κ3) is 6.54. The fourth-order valence-corrected chi connectivity index (χ4v) is 4.01. The predicted octanol–water partition coefficient (Wildman–Crippen LogP) is 4.84. The fraction of sp³-hybridized carbons (Fsp3) is 0.167. The molecular weight excluding hydrogens is 495 g/mol. The molecule has 3 aromatic rings. The maximum Gasteiger partial charge on any atom is 0.431 e. The van der Waals surface area contributed by atoms with Crippen LogP contribution in [0.25, 0.3) is 0 Å². The van der Waals surface area contributed by atoms with Crippen molar-refractivity contribution in [3.63, 3.8) is 0 Å². The van der Waals surface area contributed by atoms with Crippen LogP contribution in [0.4, 0.5) is 24.7 Å². The van der Waals surface area contributed by atoms with Gasteiger partial charge in [0.2, 0.25) is 0 Å². The van der Waals surface area contributed by atoms with Gasteiger partial charge in [-0.05, 0) is 62.4 Å². The topological polar surface area (TPSA) is 125 Å². The van der Waals surface area contributed by atoms with Gasteiger partial charge in [-0.25, -0.2) is 13.4 Å². The summed E-state index contributed by atoms with van der Waals surface area (Å²) in [6.45, 7) is 3.06. The average molecular weight is 518 g/mol. The minimum atomic E-state index is -4.78. The molecule has 0 aliphatic rings. The minimum Gasteiger partial charge on any atom is -0.350 e. The van der Waals surface area contributed by atoms with E-state index in [1.165, 1.54) is 74.8 Å². The van der Waals surface area contributed by atoms with Crippen LogP contribution in [0.2, 0.25) is 0 Å². The van der Waals surface area contributed by atoms with E-state index in [-0.39, 0.29) is 33.2 Å². The van der Waals surface area contributed by atoms with Crippen LogP contribution in [0, 0.1) is 5.41 Å². The number of nitrogens with zero attached hydrogens (tertiary/aromatic N) is 2. The van der Waals surface area contributed by atoms with Gasteiger partial charge in [0, 0.05) is 23.5 Å². The Morgan fingerprint density at radius 3 is 2.33 bits per heavy atom. The lowest BCUT2D eigenvalue weighted by atomic mass is 10.1. The summed E-state index contributed by atoms with van der Waals surface area (Å²) in [6, 6.07) is 11.1. The van der Waals surface area contributed by atoms with Gasteiger partial charge in [-0.15, -0.1) is 0 Å². The van der Waals surface area contributed by atoms with Crippen molar-refractivity contribution in [1.82, 2.24) is 9.97 Å². The van der Waals surface area contributed by atoms with Crippen LogP contribution >= 0.6 is 0 Å². The first kappa shape index (κ1) is 26.5. The number of alkyl halides is 3. The summed E-state index contributed by atoms with van der Waals surface area (Å²) < 4.78 is 65.3. The summed E-state index contributed by atoms with van der Waals surface area (Å²) >= 11 is 0. The molecule has 0 unspecified atom stereocenters. The third-order valence-electron chi connectivity index (χ3n) is 4.90. The molecule has 8 nitrogen and oxygen atoms in total. The number of nitrogens with one attached hydrogen (secondary N) is 3. The number of rotatable bonds is 8. The highest BCUT2D eigenvalue weighted by atomic mass is 32.2. The van der Waals surface area contributed by atoms with Gasteiger partial charge in [0.05, 0.1) is 27.7 Å². The number of hydrogen-bond acceptors (Lipinski definition) is 7. The van der Waals surface area contributed by atoms with Crippen molar-refractivity contribution in [2.45, 2.75) is 30.2 Å². The van der Waals surface area contributed by atoms with Gasteiger partial charge in [-0.2, -0.15) is 13.2 Å². The van der Waals surface area contributed by atoms with E-state index in [1.807, 2.05) is 0 Å². The summed E-state index contributed by atoms with van der Waals surface area (Å²) in [5.74, 6) is -0.590. The van der Waals surface area contributed by atoms with Gasteiger partial charge >= 0.3 is 6.18 Å². The Morgan fingerprint density at radius 2 is 1.75 bits per heavy atom. The highest BCUT2D eigenvalue weighted by Gasteiger charge is 2.34. The summed E-state index contributed by atoms with van der Waals surface area (Å²) in [7, 11) is -3.58. The SMILES string of the molecule is CC(C)S(=O)(=O)c1cccc(C(=O)Nc2ccc(N/C(=C\C(=N)c3cccnc3)C(F)(F)F)cn2)c1. The van der Waals surface area contributed by atoms with Gasteiger partial charge in [0.25, 0.3) is 5.91 Å². The molecule has 0 bridgehead atoms. The van der Waals surface area contributed by atoms with Crippen LogP contribution in [0.5, 0.6) is 0 Å². The molecule has 0 saturated carbocycles. The Morgan fingerprint density at radius 1 is 1.03 bits per heavy atom. The predicted molar refractivity (Wildman–Crippen MR) is 130 cm³/mol. The lowest BCUT2D eigenvalue weighted by Gasteiger charge is -2.15. The summed E-state index contributed by atoms with van der Waals surface area (Å²) in [5, 5.41) is 11.9. The number of allylic oxidation sites excluding steroid dienone is 2. The smallest absolute Gasteiger partial charge is 0.350 e. The number of carbonyl (C=O) groups excluding carboxylic acids is 1. The maximum absolute atomic E-state index is 13.5. The number of pyridine rings is 2. The van der Waals surface area contributed by atoms with Gasteiger partial charge in [0.1, 0.15) is 11.5 Å². The Hall–Kier alpha value is -4.06. The van der Waals surface area contributed by atoms with Gasteiger partial charge in [-0.3, -0.25) is 9.78 Å². The number of hydrogen-bond donors (Lipinski definition) is 3. The molecular formula is C24H22F3N5O3S. The van der Waals surface area contributed by atoms with Crippen LogP contribution < -0.4 is 10.6 Å². The Kier molecular flexibility index (Phi) is 7.88. The van der Waals surface area contributed by atoms with Crippen LogP contribution in [0.15, 0.2) is 83.8 Å². The van der Waals surface area contributed by atoms with Crippen molar-refractivity contribution < 1.29 is 26.4 Å². The second kappa shape index (κ2) is 10.7. The molecule has 0 atom stereocenters. The fourth-order valence-electron chi connectivity index (χ4n) is 2.91. The van der Waals surface area contributed by atoms with Crippen molar-refractivity contribution in [2.24, 2.45) is 0 Å². The number of anilines is 2. The van der Waals surface area contributed by atoms with Crippen molar-refractivity contribution in [3.8, 4) is 0 Å². The van der Waals surface area contributed by atoms with E-state index in [2.05, 4.69) is 20.6 Å². The lowest BCUT2D eigenvalue weighted by molar-refractivity contribution is -0.0901. The van der Waals surface area contributed by atoms with Crippen LogP contribution in [0.3, 0.4) is 0 Å². The normalized spacial score (nSPS) is 12.3. The molecule has 0 fully saturated rings. The minimum absolute atomic E-state index is 0.000904. The largest absolute Gasteiger partial charge is 0.431 e. The number of benzene rings is 1. The van der Waals surface area contributed by atoms with E-state index in [4.69, 9.17) is 5.41 Å². The molecule has 2 aromatic heterocycles. The molecule has 0 saturated heterocycles. The zero-order valence-electron chi connectivity index (χ0n) is 19.2. The highest BCUT2D eigenvalue weighted by molar-refractivity contribution is 7.92.